The predicted octanol–water partition coefficient (Wildman–Crippen LogP) is 1.86. The van der Waals surface area contributed by atoms with Crippen molar-refractivity contribution in [1.29, 1.82) is 0 Å². The van der Waals surface area contributed by atoms with Gasteiger partial charge in [0.05, 0.1) is 5.39 Å². The maximum Gasteiger partial charge on any atom is 0.343 e. The van der Waals surface area contributed by atoms with Crippen molar-refractivity contribution in [3.8, 4) is 0 Å². The zero-order valence-corrected chi connectivity index (χ0v) is 7.78. The van der Waals surface area contributed by atoms with E-state index in [0.29, 0.717) is 11.1 Å². The second kappa shape index (κ2) is 2.63. The van der Waals surface area contributed by atoms with Crippen molar-refractivity contribution in [2.24, 2.45) is 0 Å². The van der Waals surface area contributed by atoms with E-state index < -0.39 is 0 Å². The molecular formula is C11H8N2O2. The maximum atomic E-state index is 11.3. The van der Waals surface area contributed by atoms with Crippen LogP contribution in [-0.2, 0) is 0 Å². The van der Waals surface area contributed by atoms with Gasteiger partial charge in [-0.25, -0.2) is 4.79 Å². The van der Waals surface area contributed by atoms with Crippen molar-refractivity contribution in [3.63, 3.8) is 0 Å². The Kier molecular flexibility index (Phi) is 1.42. The van der Waals surface area contributed by atoms with Crippen molar-refractivity contribution < 1.29 is 4.42 Å². The third-order valence-electron chi connectivity index (χ3n) is 2.54. The number of nitrogens with one attached hydrogen (secondary N) is 1. The fraction of sp³-hybridized carbons (Fsp3) is 0. The van der Waals surface area contributed by atoms with Crippen molar-refractivity contribution in [3.05, 3.63) is 41.1 Å². The average Bonchev–Trinajstić information content (AvgIpc) is 2.61. The van der Waals surface area contributed by atoms with Crippen LogP contribution < -0.4 is 11.4 Å². The Morgan fingerprint density at radius 2 is 2.07 bits per heavy atom. The van der Waals surface area contributed by atoms with E-state index in [0.717, 1.165) is 16.3 Å². The van der Waals surface area contributed by atoms with Crippen LogP contribution in [0.4, 0.5) is 5.69 Å². The van der Waals surface area contributed by atoms with Gasteiger partial charge in [-0.2, -0.15) is 0 Å². The summed E-state index contributed by atoms with van der Waals surface area (Å²) in [7, 11) is 0. The van der Waals surface area contributed by atoms with Crippen LogP contribution in [0.15, 0.2) is 39.9 Å². The highest BCUT2D eigenvalue weighted by molar-refractivity contribution is 6.10. The minimum Gasteiger partial charge on any atom is -0.430 e. The van der Waals surface area contributed by atoms with E-state index in [9.17, 15) is 4.79 Å². The van der Waals surface area contributed by atoms with Crippen LogP contribution in [0, 0.1) is 0 Å². The quantitative estimate of drug-likeness (QED) is 0.581. The smallest absolute Gasteiger partial charge is 0.343 e. The summed E-state index contributed by atoms with van der Waals surface area (Å²) in [4.78, 5) is 14.4. The van der Waals surface area contributed by atoms with Crippen LogP contribution in [0.1, 0.15) is 0 Å². The van der Waals surface area contributed by atoms with Gasteiger partial charge < -0.3 is 15.1 Å². The first-order valence-electron chi connectivity index (χ1n) is 4.54. The summed E-state index contributed by atoms with van der Waals surface area (Å²) in [5, 5.41) is 2.15. The monoisotopic (exact) mass is 200 g/mol. The van der Waals surface area contributed by atoms with E-state index in [4.69, 9.17) is 10.2 Å². The first kappa shape index (κ1) is 8.11. The molecule has 4 nitrogen and oxygen atoms in total. The second-order valence-corrected chi connectivity index (χ2v) is 3.41. The Hall–Kier alpha value is -2.23. The number of fused-ring (bicyclic) bond motifs is 3. The first-order chi connectivity index (χ1) is 7.27. The lowest BCUT2D eigenvalue weighted by Crippen LogP contribution is -1.93. The van der Waals surface area contributed by atoms with E-state index in [1.54, 1.807) is 18.3 Å². The van der Waals surface area contributed by atoms with Crippen LogP contribution in [-0.4, -0.2) is 4.98 Å². The van der Waals surface area contributed by atoms with E-state index in [1.165, 1.54) is 6.26 Å². The summed E-state index contributed by atoms with van der Waals surface area (Å²) >= 11 is 0. The van der Waals surface area contributed by atoms with Crippen LogP contribution in [0.5, 0.6) is 0 Å². The molecule has 0 saturated carbocycles. The highest BCUT2D eigenvalue weighted by atomic mass is 16.4. The molecule has 1 aromatic carbocycles. The number of nitrogen functional groups attached to an aromatic ring is 1. The third-order valence-corrected chi connectivity index (χ3v) is 2.54. The summed E-state index contributed by atoms with van der Waals surface area (Å²) < 4.78 is 4.85. The van der Waals surface area contributed by atoms with Crippen molar-refractivity contribution in [1.82, 2.24) is 4.98 Å². The fourth-order valence-corrected chi connectivity index (χ4v) is 1.83. The molecule has 0 unspecified atom stereocenters. The Balaban J connectivity index is 2.70. The molecule has 3 aromatic rings. The van der Waals surface area contributed by atoms with Gasteiger partial charge in [-0.1, -0.05) is 0 Å². The van der Waals surface area contributed by atoms with Crippen LogP contribution in [0.3, 0.4) is 0 Å². The fourth-order valence-electron chi connectivity index (χ4n) is 1.83. The molecule has 0 fully saturated rings. The highest BCUT2D eigenvalue weighted by Gasteiger charge is 2.08. The second-order valence-electron chi connectivity index (χ2n) is 3.41. The summed E-state index contributed by atoms with van der Waals surface area (Å²) in [6, 6.07) is 5.32. The van der Waals surface area contributed by atoms with Crippen LogP contribution in [0.25, 0.3) is 21.7 Å². The zero-order valence-electron chi connectivity index (χ0n) is 7.78. The summed E-state index contributed by atoms with van der Waals surface area (Å²) in [5.41, 5.74) is 7.07. The number of H-pyrrole nitrogens is 1. The Morgan fingerprint density at radius 1 is 1.20 bits per heavy atom. The van der Waals surface area contributed by atoms with Crippen molar-refractivity contribution in [2.45, 2.75) is 0 Å². The molecule has 0 bridgehead atoms. The first-order valence-corrected chi connectivity index (χ1v) is 4.54. The van der Waals surface area contributed by atoms with Gasteiger partial charge in [0, 0.05) is 28.2 Å². The van der Waals surface area contributed by atoms with Crippen LogP contribution >= 0.6 is 0 Å². The lowest BCUT2D eigenvalue weighted by atomic mass is 10.1. The lowest BCUT2D eigenvalue weighted by molar-refractivity contribution is 0.535. The topological polar surface area (TPSA) is 72.0 Å². The average molecular weight is 200 g/mol. The molecule has 0 saturated heterocycles. The molecule has 0 spiro atoms. The van der Waals surface area contributed by atoms with Gasteiger partial charge in [-0.3, -0.25) is 0 Å². The molecule has 74 valence electrons. The molecule has 0 aliphatic rings. The molecule has 0 atom stereocenters. The molecule has 0 radical (unpaired) electrons. The largest absolute Gasteiger partial charge is 0.430 e. The summed E-state index contributed by atoms with van der Waals surface area (Å²) in [5.74, 6) is 0. The Labute approximate surface area is 84.3 Å². The maximum absolute atomic E-state index is 11.3. The predicted molar refractivity (Wildman–Crippen MR) is 58.8 cm³/mol. The molecule has 4 heteroatoms. The minimum atomic E-state index is -0.324. The summed E-state index contributed by atoms with van der Waals surface area (Å²) in [6.45, 7) is 0. The summed E-state index contributed by atoms with van der Waals surface area (Å²) in [6.07, 6.45) is 3.21. The van der Waals surface area contributed by atoms with Gasteiger partial charge in [0.1, 0.15) is 6.26 Å². The van der Waals surface area contributed by atoms with Crippen molar-refractivity contribution >= 4 is 27.4 Å². The Bertz CT molecular complexity index is 709. The van der Waals surface area contributed by atoms with Gasteiger partial charge >= 0.3 is 5.63 Å². The Morgan fingerprint density at radius 3 is 2.93 bits per heavy atom. The standard InChI is InChI=1S/C11H8N2O2/c12-8-3-4-13-9-2-1-6-7(10(8)9)5-15-11(6)14/h1-5,13H,12H2. The number of anilines is 1. The SMILES string of the molecule is Nc1cc[nH]c2ccc3c(=O)occ3c12. The normalized spacial score (nSPS) is 11.2. The molecular weight excluding hydrogens is 192 g/mol. The van der Waals surface area contributed by atoms with Gasteiger partial charge in [0.2, 0.25) is 0 Å². The highest BCUT2D eigenvalue weighted by Crippen LogP contribution is 2.26. The molecule has 2 aromatic heterocycles. The molecule has 0 aliphatic carbocycles. The number of pyridine rings is 1. The number of rotatable bonds is 0. The number of aromatic amines is 1. The minimum absolute atomic E-state index is 0.324. The molecule has 3 N–H and O–H groups in total. The molecule has 0 amide bonds. The molecule has 15 heavy (non-hydrogen) atoms. The van der Waals surface area contributed by atoms with Gasteiger partial charge in [-0.05, 0) is 18.2 Å². The van der Waals surface area contributed by atoms with Gasteiger partial charge in [-0.15, -0.1) is 0 Å². The van der Waals surface area contributed by atoms with Crippen LogP contribution in [0.2, 0.25) is 0 Å². The van der Waals surface area contributed by atoms with E-state index >= 15 is 0 Å². The molecule has 0 aliphatic heterocycles. The number of aromatic nitrogens is 1. The number of benzene rings is 1. The van der Waals surface area contributed by atoms with E-state index in [1.807, 2.05) is 6.07 Å². The lowest BCUT2D eigenvalue weighted by Gasteiger charge is -2.02. The zero-order chi connectivity index (χ0) is 10.4. The van der Waals surface area contributed by atoms with Gasteiger partial charge in [0.15, 0.2) is 0 Å². The van der Waals surface area contributed by atoms with Crippen molar-refractivity contribution in [2.75, 3.05) is 5.73 Å². The number of nitrogens with two attached hydrogens (primary N) is 1. The number of hydrogen-bond donors (Lipinski definition) is 2. The van der Waals surface area contributed by atoms with E-state index in [-0.39, 0.29) is 5.63 Å². The van der Waals surface area contributed by atoms with Gasteiger partial charge in [0.25, 0.3) is 0 Å². The van der Waals surface area contributed by atoms with E-state index in [2.05, 4.69) is 4.98 Å². The molecule has 3 rings (SSSR count). The molecule has 2 heterocycles. The third kappa shape index (κ3) is 0.985. The number of hydrogen-bond acceptors (Lipinski definition) is 3. The number of furan rings is 1.